The number of rotatable bonds is 5. The summed E-state index contributed by atoms with van der Waals surface area (Å²) >= 11 is 0. The van der Waals surface area contributed by atoms with Crippen LogP contribution >= 0.6 is 0 Å². The first-order chi connectivity index (χ1) is 9.73. The van der Waals surface area contributed by atoms with Crippen molar-refractivity contribution in [3.8, 4) is 5.75 Å². The Labute approximate surface area is 120 Å². The van der Waals surface area contributed by atoms with Crippen LogP contribution in [0.5, 0.6) is 5.75 Å². The molecule has 2 rings (SSSR count). The minimum absolute atomic E-state index is 0.108. The highest BCUT2D eigenvalue weighted by atomic mass is 19.4. The topological polar surface area (TPSA) is 64.3 Å². The van der Waals surface area contributed by atoms with Crippen LogP contribution in [0, 0.1) is 5.92 Å². The van der Waals surface area contributed by atoms with Gasteiger partial charge >= 0.3 is 6.36 Å². The summed E-state index contributed by atoms with van der Waals surface area (Å²) in [7, 11) is 0. The van der Waals surface area contributed by atoms with Crippen molar-refractivity contribution in [2.75, 3.05) is 6.54 Å². The number of nitrogens with two attached hydrogens (primary N) is 1. The highest BCUT2D eigenvalue weighted by Crippen LogP contribution is 2.39. The summed E-state index contributed by atoms with van der Waals surface area (Å²) < 4.78 is 40.3. The number of carbonyl (C=O) groups is 1. The minimum atomic E-state index is -4.78. The van der Waals surface area contributed by atoms with Gasteiger partial charge in [-0.2, -0.15) is 0 Å². The van der Waals surface area contributed by atoms with Crippen molar-refractivity contribution in [3.63, 3.8) is 0 Å². The molecule has 1 aliphatic carbocycles. The molecule has 1 unspecified atom stereocenters. The molecule has 1 aliphatic rings. The lowest BCUT2D eigenvalue weighted by atomic mass is 9.95. The number of nitrogens with one attached hydrogen (secondary N) is 1. The lowest BCUT2D eigenvalue weighted by Gasteiger charge is -2.29. The van der Waals surface area contributed by atoms with Crippen molar-refractivity contribution in [3.05, 3.63) is 29.8 Å². The van der Waals surface area contributed by atoms with Gasteiger partial charge in [0.15, 0.2) is 0 Å². The van der Waals surface area contributed by atoms with E-state index < -0.39 is 23.6 Å². The standard InChI is InChI=1S/C14H17F3N2O2/c1-13(8-18,10-5-6-10)19-12(20)9-3-2-4-11(7-9)21-14(15,16)17/h2-4,7,10H,5-6,8,18H2,1H3,(H,19,20). The van der Waals surface area contributed by atoms with Gasteiger partial charge in [-0.3, -0.25) is 4.79 Å². The number of amides is 1. The number of benzene rings is 1. The maximum Gasteiger partial charge on any atom is 0.573 e. The molecule has 1 fully saturated rings. The lowest BCUT2D eigenvalue weighted by molar-refractivity contribution is -0.274. The van der Waals surface area contributed by atoms with Crippen LogP contribution in [0.15, 0.2) is 24.3 Å². The molecular weight excluding hydrogens is 285 g/mol. The largest absolute Gasteiger partial charge is 0.573 e. The Morgan fingerprint density at radius 3 is 2.62 bits per heavy atom. The van der Waals surface area contributed by atoms with E-state index in [1.54, 1.807) is 0 Å². The molecule has 1 saturated carbocycles. The number of hydrogen-bond donors (Lipinski definition) is 2. The molecule has 0 aliphatic heterocycles. The number of carbonyl (C=O) groups excluding carboxylic acids is 1. The number of alkyl halides is 3. The average Bonchev–Trinajstić information content (AvgIpc) is 3.21. The van der Waals surface area contributed by atoms with Gasteiger partial charge in [0, 0.05) is 12.1 Å². The third-order valence-corrected chi connectivity index (χ3v) is 3.63. The van der Waals surface area contributed by atoms with E-state index in [9.17, 15) is 18.0 Å². The van der Waals surface area contributed by atoms with Gasteiger partial charge in [-0.1, -0.05) is 6.07 Å². The summed E-state index contributed by atoms with van der Waals surface area (Å²) in [6.45, 7) is 2.13. The summed E-state index contributed by atoms with van der Waals surface area (Å²) in [4.78, 5) is 12.2. The van der Waals surface area contributed by atoms with Crippen LogP contribution in [0.25, 0.3) is 0 Å². The van der Waals surface area contributed by atoms with E-state index in [2.05, 4.69) is 10.1 Å². The molecule has 0 spiro atoms. The molecule has 21 heavy (non-hydrogen) atoms. The molecule has 1 aromatic rings. The van der Waals surface area contributed by atoms with E-state index in [1.165, 1.54) is 12.1 Å². The van der Waals surface area contributed by atoms with Crippen molar-refractivity contribution in [2.45, 2.75) is 31.7 Å². The Morgan fingerprint density at radius 2 is 2.10 bits per heavy atom. The first kappa shape index (κ1) is 15.6. The maximum atomic E-state index is 12.2. The van der Waals surface area contributed by atoms with Gasteiger partial charge in [-0.25, -0.2) is 0 Å². The monoisotopic (exact) mass is 302 g/mol. The minimum Gasteiger partial charge on any atom is -0.406 e. The van der Waals surface area contributed by atoms with Crippen LogP contribution in [0.4, 0.5) is 13.2 Å². The summed E-state index contributed by atoms with van der Waals surface area (Å²) in [5.74, 6) is -0.556. The van der Waals surface area contributed by atoms with Crippen molar-refractivity contribution >= 4 is 5.91 Å². The molecule has 1 aromatic carbocycles. The molecule has 1 amide bonds. The quantitative estimate of drug-likeness (QED) is 0.878. The molecule has 7 heteroatoms. The molecule has 0 radical (unpaired) electrons. The first-order valence-electron chi connectivity index (χ1n) is 6.62. The third-order valence-electron chi connectivity index (χ3n) is 3.63. The second kappa shape index (κ2) is 5.55. The summed E-state index contributed by atoms with van der Waals surface area (Å²) in [6, 6.07) is 4.98. The van der Waals surface area contributed by atoms with Crippen LogP contribution in [0.2, 0.25) is 0 Å². The van der Waals surface area contributed by atoms with E-state index >= 15 is 0 Å². The normalized spacial score (nSPS) is 18.0. The Bertz CT molecular complexity index is 529. The van der Waals surface area contributed by atoms with E-state index in [0.29, 0.717) is 5.92 Å². The molecule has 0 heterocycles. The smallest absolute Gasteiger partial charge is 0.406 e. The molecule has 1 atom stereocenters. The SMILES string of the molecule is CC(CN)(NC(=O)c1cccc(OC(F)(F)F)c1)C1CC1. The fourth-order valence-electron chi connectivity index (χ4n) is 2.21. The molecule has 116 valence electrons. The first-order valence-corrected chi connectivity index (χ1v) is 6.62. The average molecular weight is 302 g/mol. The molecule has 0 bridgehead atoms. The number of halogens is 3. The van der Waals surface area contributed by atoms with Crippen LogP contribution in [0.3, 0.4) is 0 Å². The molecule has 0 aromatic heterocycles. The summed E-state index contributed by atoms with van der Waals surface area (Å²) in [5.41, 5.74) is 5.28. The van der Waals surface area contributed by atoms with Crippen LogP contribution < -0.4 is 15.8 Å². The number of hydrogen-bond acceptors (Lipinski definition) is 3. The third kappa shape index (κ3) is 4.10. The predicted molar refractivity (Wildman–Crippen MR) is 70.8 cm³/mol. The molecular formula is C14H17F3N2O2. The molecule has 3 N–H and O–H groups in total. The summed E-state index contributed by atoms with van der Waals surface area (Å²) in [6.07, 6.45) is -2.80. The Morgan fingerprint density at radius 1 is 1.43 bits per heavy atom. The van der Waals surface area contributed by atoms with Crippen molar-refractivity contribution in [1.29, 1.82) is 0 Å². The summed E-state index contributed by atoms with van der Waals surface area (Å²) in [5, 5.41) is 2.81. The second-order valence-corrected chi connectivity index (χ2v) is 5.43. The predicted octanol–water partition coefficient (Wildman–Crippen LogP) is 2.44. The van der Waals surface area contributed by atoms with E-state index in [4.69, 9.17) is 5.73 Å². The second-order valence-electron chi connectivity index (χ2n) is 5.43. The van der Waals surface area contributed by atoms with Crippen molar-refractivity contribution in [2.24, 2.45) is 11.7 Å². The van der Waals surface area contributed by atoms with Crippen LogP contribution in [-0.2, 0) is 0 Å². The van der Waals surface area contributed by atoms with E-state index in [-0.39, 0.29) is 12.1 Å². The van der Waals surface area contributed by atoms with Gasteiger partial charge < -0.3 is 15.8 Å². The fraction of sp³-hybridized carbons (Fsp3) is 0.500. The zero-order chi connectivity index (χ0) is 15.7. The highest BCUT2D eigenvalue weighted by molar-refractivity contribution is 5.95. The fourth-order valence-corrected chi connectivity index (χ4v) is 2.21. The van der Waals surface area contributed by atoms with Gasteiger partial charge in [0.2, 0.25) is 0 Å². The number of ether oxygens (including phenoxy) is 1. The van der Waals surface area contributed by atoms with Gasteiger partial charge in [0.05, 0.1) is 5.54 Å². The highest BCUT2D eigenvalue weighted by Gasteiger charge is 2.41. The Balaban J connectivity index is 2.10. The van der Waals surface area contributed by atoms with Crippen molar-refractivity contribution < 1.29 is 22.7 Å². The maximum absolute atomic E-state index is 12.2. The lowest BCUT2D eigenvalue weighted by Crippen LogP contribution is -2.53. The van der Waals surface area contributed by atoms with E-state index in [0.717, 1.165) is 25.0 Å². The van der Waals surface area contributed by atoms with E-state index in [1.807, 2.05) is 6.92 Å². The van der Waals surface area contributed by atoms with Crippen LogP contribution in [-0.4, -0.2) is 24.4 Å². The van der Waals surface area contributed by atoms with Gasteiger partial charge in [0.25, 0.3) is 5.91 Å². The zero-order valence-electron chi connectivity index (χ0n) is 11.5. The van der Waals surface area contributed by atoms with Gasteiger partial charge in [-0.05, 0) is 43.9 Å². The Hall–Kier alpha value is -1.76. The van der Waals surface area contributed by atoms with Crippen LogP contribution in [0.1, 0.15) is 30.1 Å². The van der Waals surface area contributed by atoms with Gasteiger partial charge in [0.1, 0.15) is 5.75 Å². The molecule has 4 nitrogen and oxygen atoms in total. The van der Waals surface area contributed by atoms with Gasteiger partial charge in [-0.15, -0.1) is 13.2 Å². The Kier molecular flexibility index (Phi) is 4.13. The molecule has 0 saturated heterocycles. The van der Waals surface area contributed by atoms with Crippen molar-refractivity contribution in [1.82, 2.24) is 5.32 Å². The zero-order valence-corrected chi connectivity index (χ0v) is 11.5.